The number of benzene rings is 2. The summed E-state index contributed by atoms with van der Waals surface area (Å²) in [6.07, 6.45) is -2.29. The van der Waals surface area contributed by atoms with Crippen LogP contribution >= 0.6 is 24.0 Å². The first-order valence-electron chi connectivity index (χ1n) is 9.95. The molecule has 1 aliphatic carbocycles. The lowest BCUT2D eigenvalue weighted by molar-refractivity contribution is -0.137. The number of carbonyl (C=O) groups is 1. The fraction of sp³-hybridized carbons (Fsp3) is 0.364. The molecule has 1 saturated carbocycles. The van der Waals surface area contributed by atoms with Crippen LogP contribution in [-0.2, 0) is 24.1 Å². The number of amides is 1. The average Bonchev–Trinajstić information content (AvgIpc) is 3.56. The summed E-state index contributed by atoms with van der Waals surface area (Å²) in [7, 11) is 1.61. The van der Waals surface area contributed by atoms with Gasteiger partial charge in [0.25, 0.3) is 5.91 Å². The molecule has 1 fully saturated rings. The van der Waals surface area contributed by atoms with Crippen molar-refractivity contribution < 1.29 is 22.7 Å². The molecule has 1 aliphatic rings. The number of hydrogen-bond donors (Lipinski definition) is 3. The van der Waals surface area contributed by atoms with E-state index in [1.165, 1.54) is 12.1 Å². The van der Waals surface area contributed by atoms with Gasteiger partial charge in [0.1, 0.15) is 5.75 Å². The molecule has 0 spiro atoms. The second-order valence-corrected chi connectivity index (χ2v) is 7.25. The van der Waals surface area contributed by atoms with Gasteiger partial charge in [-0.3, -0.25) is 9.79 Å². The van der Waals surface area contributed by atoms with Crippen LogP contribution < -0.4 is 20.7 Å². The molecule has 0 aliphatic heterocycles. The smallest absolute Gasteiger partial charge is 0.416 e. The monoisotopic (exact) mass is 562 g/mol. The van der Waals surface area contributed by atoms with Gasteiger partial charge in [-0.2, -0.15) is 13.2 Å². The highest BCUT2D eigenvalue weighted by Gasteiger charge is 2.29. The fourth-order valence-corrected chi connectivity index (χ4v) is 2.79. The zero-order valence-corrected chi connectivity index (χ0v) is 19.9. The SMILES string of the molecule is CN=C(NCc1ccc(C(F)(F)F)cc1)NCc1cccc(OCC(=O)NC2CC2)c1.I. The van der Waals surface area contributed by atoms with Crippen LogP contribution in [0.2, 0.25) is 0 Å². The van der Waals surface area contributed by atoms with E-state index in [1.54, 1.807) is 13.1 Å². The number of alkyl halides is 3. The van der Waals surface area contributed by atoms with Gasteiger partial charge in [-0.05, 0) is 48.2 Å². The van der Waals surface area contributed by atoms with Crippen molar-refractivity contribution in [3.05, 3.63) is 65.2 Å². The van der Waals surface area contributed by atoms with E-state index in [9.17, 15) is 18.0 Å². The molecule has 174 valence electrons. The van der Waals surface area contributed by atoms with E-state index < -0.39 is 11.7 Å². The maximum atomic E-state index is 12.6. The van der Waals surface area contributed by atoms with Crippen LogP contribution in [0.4, 0.5) is 13.2 Å². The Balaban J connectivity index is 0.00000363. The molecule has 0 radical (unpaired) electrons. The molecule has 2 aromatic carbocycles. The summed E-state index contributed by atoms with van der Waals surface area (Å²) in [6.45, 7) is 0.763. The van der Waals surface area contributed by atoms with E-state index in [-0.39, 0.29) is 36.5 Å². The molecule has 3 rings (SSSR count). The topological polar surface area (TPSA) is 74.8 Å². The van der Waals surface area contributed by atoms with E-state index in [4.69, 9.17) is 4.74 Å². The third-order valence-corrected chi connectivity index (χ3v) is 4.64. The van der Waals surface area contributed by atoms with Crippen LogP contribution in [0.15, 0.2) is 53.5 Å². The lowest BCUT2D eigenvalue weighted by Gasteiger charge is -2.13. The van der Waals surface area contributed by atoms with Crippen molar-refractivity contribution in [2.45, 2.75) is 38.1 Å². The summed E-state index contributed by atoms with van der Waals surface area (Å²) in [5.41, 5.74) is 0.958. The average molecular weight is 562 g/mol. The Labute approximate surface area is 202 Å². The molecule has 0 heterocycles. The zero-order valence-electron chi connectivity index (χ0n) is 17.5. The highest BCUT2D eigenvalue weighted by Crippen LogP contribution is 2.29. The summed E-state index contributed by atoms with van der Waals surface area (Å²) in [6, 6.07) is 12.6. The minimum absolute atomic E-state index is 0. The molecular weight excluding hydrogens is 536 g/mol. The Kier molecular flexibility index (Phi) is 9.60. The molecule has 3 N–H and O–H groups in total. The minimum atomic E-state index is -4.34. The number of aliphatic imine (C=N–C) groups is 1. The van der Waals surface area contributed by atoms with E-state index >= 15 is 0 Å². The van der Waals surface area contributed by atoms with Gasteiger partial charge in [-0.1, -0.05) is 24.3 Å². The molecule has 1 amide bonds. The summed E-state index contributed by atoms with van der Waals surface area (Å²) in [4.78, 5) is 15.9. The Morgan fingerprint density at radius 2 is 1.72 bits per heavy atom. The highest BCUT2D eigenvalue weighted by molar-refractivity contribution is 14.0. The van der Waals surface area contributed by atoms with Crippen LogP contribution in [0.25, 0.3) is 0 Å². The molecule has 0 unspecified atom stereocenters. The van der Waals surface area contributed by atoms with Gasteiger partial charge >= 0.3 is 6.18 Å². The summed E-state index contributed by atoms with van der Waals surface area (Å²) < 4.78 is 43.5. The van der Waals surface area contributed by atoms with Crippen LogP contribution in [0, 0.1) is 0 Å². The standard InChI is InChI=1S/C22H25F3N4O2.HI/c1-26-21(27-12-15-5-7-17(8-6-15)22(23,24)25)28-13-16-3-2-4-19(11-16)31-14-20(30)29-18-9-10-18;/h2-8,11,18H,9-10,12-14H2,1H3,(H,29,30)(H2,26,27,28);1H. The van der Waals surface area contributed by atoms with Crippen LogP contribution in [0.5, 0.6) is 5.75 Å². The second kappa shape index (κ2) is 11.9. The summed E-state index contributed by atoms with van der Waals surface area (Å²) >= 11 is 0. The molecule has 0 aromatic heterocycles. The third kappa shape index (κ3) is 8.56. The van der Waals surface area contributed by atoms with Crippen LogP contribution in [-0.4, -0.2) is 31.6 Å². The number of nitrogens with zero attached hydrogens (tertiary/aromatic N) is 1. The Bertz CT molecular complexity index is 916. The lowest BCUT2D eigenvalue weighted by Crippen LogP contribution is -2.36. The van der Waals surface area contributed by atoms with E-state index in [0.717, 1.165) is 30.5 Å². The summed E-state index contributed by atoms with van der Waals surface area (Å²) in [5.74, 6) is 0.979. The Morgan fingerprint density at radius 1 is 1.06 bits per heavy atom. The number of nitrogens with one attached hydrogen (secondary N) is 3. The first-order chi connectivity index (χ1) is 14.8. The predicted molar refractivity (Wildman–Crippen MR) is 127 cm³/mol. The second-order valence-electron chi connectivity index (χ2n) is 7.25. The van der Waals surface area contributed by atoms with Crippen molar-refractivity contribution in [1.82, 2.24) is 16.0 Å². The maximum Gasteiger partial charge on any atom is 0.416 e. The number of halogens is 4. The number of carbonyl (C=O) groups excluding carboxylic acids is 1. The van der Waals surface area contributed by atoms with Crippen molar-refractivity contribution in [1.29, 1.82) is 0 Å². The Hall–Kier alpha value is -2.50. The minimum Gasteiger partial charge on any atom is -0.484 e. The van der Waals surface area contributed by atoms with Gasteiger partial charge in [-0.25, -0.2) is 0 Å². The van der Waals surface area contributed by atoms with Crippen molar-refractivity contribution in [3.8, 4) is 5.75 Å². The molecule has 32 heavy (non-hydrogen) atoms. The predicted octanol–water partition coefficient (Wildman–Crippen LogP) is 3.85. The number of guanidine groups is 1. The van der Waals surface area contributed by atoms with Crippen LogP contribution in [0.3, 0.4) is 0 Å². The molecule has 2 aromatic rings. The van der Waals surface area contributed by atoms with Gasteiger partial charge < -0.3 is 20.7 Å². The third-order valence-electron chi connectivity index (χ3n) is 4.64. The molecule has 10 heteroatoms. The zero-order chi connectivity index (χ0) is 22.3. The van der Waals surface area contributed by atoms with Gasteiger partial charge in [0, 0.05) is 26.2 Å². The molecule has 0 atom stereocenters. The van der Waals surface area contributed by atoms with E-state index in [2.05, 4.69) is 20.9 Å². The van der Waals surface area contributed by atoms with Gasteiger partial charge in [0.15, 0.2) is 12.6 Å². The lowest BCUT2D eigenvalue weighted by atomic mass is 10.1. The normalized spacial score (nSPS) is 13.7. The van der Waals surface area contributed by atoms with Crippen molar-refractivity contribution in [3.63, 3.8) is 0 Å². The number of rotatable bonds is 8. The molecule has 6 nitrogen and oxygen atoms in total. The molecular formula is C22H26F3IN4O2. The van der Waals surface area contributed by atoms with Crippen LogP contribution in [0.1, 0.15) is 29.5 Å². The Morgan fingerprint density at radius 3 is 2.31 bits per heavy atom. The van der Waals surface area contributed by atoms with Crippen molar-refractivity contribution >= 4 is 35.8 Å². The van der Waals surface area contributed by atoms with Crippen molar-refractivity contribution in [2.24, 2.45) is 4.99 Å². The van der Waals surface area contributed by atoms with Gasteiger partial charge in [0.2, 0.25) is 0 Å². The molecule has 0 saturated heterocycles. The first-order valence-corrected chi connectivity index (χ1v) is 9.95. The number of ether oxygens (including phenoxy) is 1. The van der Waals surface area contributed by atoms with Gasteiger partial charge in [-0.15, -0.1) is 24.0 Å². The van der Waals surface area contributed by atoms with E-state index in [1.807, 2.05) is 18.2 Å². The largest absolute Gasteiger partial charge is 0.484 e. The quantitative estimate of drug-likeness (QED) is 0.260. The van der Waals surface area contributed by atoms with Gasteiger partial charge in [0.05, 0.1) is 5.56 Å². The maximum absolute atomic E-state index is 12.6. The molecule has 0 bridgehead atoms. The first kappa shape index (κ1) is 25.8. The summed E-state index contributed by atoms with van der Waals surface area (Å²) in [5, 5.41) is 9.08. The van der Waals surface area contributed by atoms with E-state index in [0.29, 0.717) is 36.4 Å². The van der Waals surface area contributed by atoms with Crippen molar-refractivity contribution in [2.75, 3.05) is 13.7 Å². The fourth-order valence-electron chi connectivity index (χ4n) is 2.79. The highest BCUT2D eigenvalue weighted by atomic mass is 127. The number of hydrogen-bond acceptors (Lipinski definition) is 3.